The van der Waals surface area contributed by atoms with Gasteiger partial charge in [0.1, 0.15) is 0 Å². The van der Waals surface area contributed by atoms with E-state index in [4.69, 9.17) is 4.74 Å². The Morgan fingerprint density at radius 1 is 1.06 bits per heavy atom. The van der Waals surface area contributed by atoms with Crippen molar-refractivity contribution in [1.29, 1.82) is 0 Å². The number of aliphatic hydroxyl groups is 1. The summed E-state index contributed by atoms with van der Waals surface area (Å²) in [4.78, 5) is 42.7. The fraction of sp³-hybridized carbons (Fsp3) is 0.421. The van der Waals surface area contributed by atoms with Crippen LogP contribution in [-0.4, -0.2) is 64.3 Å². The van der Waals surface area contributed by atoms with E-state index in [1.54, 1.807) is 4.68 Å². The van der Waals surface area contributed by atoms with Gasteiger partial charge in [-0.25, -0.2) is 0 Å². The summed E-state index contributed by atoms with van der Waals surface area (Å²) in [5.74, 6) is -0.554. The number of ether oxygens (including phenoxy) is 1. The van der Waals surface area contributed by atoms with E-state index in [0.29, 0.717) is 31.6 Å². The van der Waals surface area contributed by atoms with E-state index in [1.165, 1.54) is 0 Å². The number of anilines is 2. The SMILES string of the molecule is C[C@H]1[C@H]([Si](C)(C)O)[C@@H](CCn2cc(C(CO)c3ccccc3)nn2)O[C@]12C(=O)N(Cc1ccc(N3CCCCC3=O)cc1)c1ccc(Br)cc12. The Hall–Kier alpha value is -3.68. The Balaban J connectivity index is 1.15. The number of amides is 2. The van der Waals surface area contributed by atoms with Gasteiger partial charge >= 0.3 is 0 Å². The monoisotopic (exact) mass is 757 g/mol. The number of aromatic nitrogens is 3. The van der Waals surface area contributed by atoms with Crippen LogP contribution in [0.2, 0.25) is 18.6 Å². The number of nitrogens with zero attached hydrogens (tertiary/aromatic N) is 5. The third-order valence-electron chi connectivity index (χ3n) is 10.8. The number of aliphatic hydroxyl groups excluding tert-OH is 1. The van der Waals surface area contributed by atoms with Crippen molar-refractivity contribution in [3.63, 3.8) is 0 Å². The first-order valence-electron chi connectivity index (χ1n) is 17.5. The lowest BCUT2D eigenvalue weighted by Crippen LogP contribution is -2.46. The fourth-order valence-corrected chi connectivity index (χ4v) is 11.4. The minimum absolute atomic E-state index is 0.0866. The molecule has 1 aromatic heterocycles. The van der Waals surface area contributed by atoms with Gasteiger partial charge in [0.2, 0.25) is 5.91 Å². The molecule has 1 spiro atoms. The van der Waals surface area contributed by atoms with Crippen molar-refractivity contribution >= 4 is 47.4 Å². The highest BCUT2D eigenvalue weighted by atomic mass is 79.9. The number of piperidine rings is 1. The molecule has 2 amide bonds. The van der Waals surface area contributed by atoms with E-state index < -0.39 is 20.0 Å². The molecule has 3 aliphatic rings. The van der Waals surface area contributed by atoms with Crippen LogP contribution in [0.5, 0.6) is 0 Å². The zero-order valence-electron chi connectivity index (χ0n) is 28.7. The van der Waals surface area contributed by atoms with Gasteiger partial charge in [-0.1, -0.05) is 70.5 Å². The lowest BCUT2D eigenvalue weighted by Gasteiger charge is -2.32. The summed E-state index contributed by atoms with van der Waals surface area (Å²) < 4.78 is 9.63. The van der Waals surface area contributed by atoms with Crippen molar-refractivity contribution < 1.29 is 24.2 Å². The van der Waals surface area contributed by atoms with Gasteiger partial charge in [-0.15, -0.1) is 5.10 Å². The average Bonchev–Trinajstić information content (AvgIpc) is 3.75. The molecule has 0 bridgehead atoms. The quantitative estimate of drug-likeness (QED) is 0.187. The van der Waals surface area contributed by atoms with Crippen LogP contribution in [0.4, 0.5) is 11.4 Å². The highest BCUT2D eigenvalue weighted by Crippen LogP contribution is 2.60. The molecule has 7 rings (SSSR count). The fourth-order valence-electron chi connectivity index (χ4n) is 8.42. The van der Waals surface area contributed by atoms with Crippen LogP contribution in [0.15, 0.2) is 83.5 Å². The molecule has 0 aliphatic carbocycles. The maximum atomic E-state index is 14.8. The lowest BCUT2D eigenvalue weighted by molar-refractivity contribution is -0.146. The van der Waals surface area contributed by atoms with Crippen molar-refractivity contribution in [2.75, 3.05) is 23.0 Å². The highest BCUT2D eigenvalue weighted by molar-refractivity contribution is 9.10. The Morgan fingerprint density at radius 2 is 1.82 bits per heavy atom. The van der Waals surface area contributed by atoms with E-state index >= 15 is 0 Å². The number of hydrogen-bond acceptors (Lipinski definition) is 7. The molecule has 5 atom stereocenters. The molecule has 4 heterocycles. The summed E-state index contributed by atoms with van der Waals surface area (Å²) in [5.41, 5.74) is 3.60. The van der Waals surface area contributed by atoms with Gasteiger partial charge in [-0.05, 0) is 73.8 Å². The summed E-state index contributed by atoms with van der Waals surface area (Å²) >= 11 is 3.65. The van der Waals surface area contributed by atoms with E-state index in [1.807, 2.05) is 109 Å². The molecule has 3 aliphatic heterocycles. The van der Waals surface area contributed by atoms with Gasteiger partial charge in [-0.2, -0.15) is 0 Å². The minimum Gasteiger partial charge on any atom is -0.432 e. The minimum atomic E-state index is -2.85. The van der Waals surface area contributed by atoms with Crippen molar-refractivity contribution in [3.8, 4) is 0 Å². The van der Waals surface area contributed by atoms with Crippen molar-refractivity contribution in [2.24, 2.45) is 5.92 Å². The van der Waals surface area contributed by atoms with Gasteiger partial charge in [-0.3, -0.25) is 14.3 Å². The maximum Gasteiger partial charge on any atom is 0.264 e. The van der Waals surface area contributed by atoms with Crippen LogP contribution in [0.25, 0.3) is 0 Å². The predicted molar refractivity (Wildman–Crippen MR) is 197 cm³/mol. The topological polar surface area (TPSA) is 121 Å². The summed E-state index contributed by atoms with van der Waals surface area (Å²) in [6.45, 7) is 7.37. The van der Waals surface area contributed by atoms with Crippen molar-refractivity contribution in [3.05, 3.63) is 106 Å². The van der Waals surface area contributed by atoms with E-state index in [9.17, 15) is 19.5 Å². The van der Waals surface area contributed by atoms with E-state index in [2.05, 4.69) is 26.2 Å². The molecule has 2 saturated heterocycles. The molecular weight excluding hydrogens is 714 g/mol. The van der Waals surface area contributed by atoms with Gasteiger partial charge in [0, 0.05) is 52.9 Å². The largest absolute Gasteiger partial charge is 0.432 e. The molecule has 3 aromatic carbocycles. The van der Waals surface area contributed by atoms with Crippen LogP contribution >= 0.6 is 15.9 Å². The summed E-state index contributed by atoms with van der Waals surface area (Å²) in [7, 11) is -2.85. The average molecular weight is 759 g/mol. The molecule has 12 heteroatoms. The van der Waals surface area contributed by atoms with Crippen LogP contribution in [0, 0.1) is 5.92 Å². The molecule has 2 fully saturated rings. The molecule has 1 unspecified atom stereocenters. The van der Waals surface area contributed by atoms with Crippen molar-refractivity contribution in [2.45, 2.75) is 82.0 Å². The van der Waals surface area contributed by atoms with Gasteiger partial charge < -0.3 is 24.4 Å². The van der Waals surface area contributed by atoms with Crippen LogP contribution in [0.3, 0.4) is 0 Å². The van der Waals surface area contributed by atoms with Crippen LogP contribution in [0.1, 0.15) is 60.9 Å². The van der Waals surface area contributed by atoms with E-state index in [0.717, 1.165) is 51.9 Å². The molecule has 0 saturated carbocycles. The standard InChI is InChI=1S/C38H44BrN5O5Si/c1-25-36(50(2,3)48)34(18-20-42-23-32(40-41-42)30(24-45)27-9-5-4-6-10-27)49-38(25)31-21-28(39)14-17-33(31)44(37(38)47)22-26-12-15-29(16-13-26)43-19-8-7-11-35(43)46/h4-6,9-10,12-17,21,23,25,30,34,36,45,48H,7-8,11,18-20,22,24H2,1-3H3/t25-,30?,34+,36-,38+/m0/s1. The van der Waals surface area contributed by atoms with Crippen LogP contribution < -0.4 is 9.80 Å². The first-order valence-corrected chi connectivity index (χ1v) is 21.3. The van der Waals surface area contributed by atoms with Gasteiger partial charge in [0.25, 0.3) is 5.91 Å². The summed E-state index contributed by atoms with van der Waals surface area (Å²) in [5, 5.41) is 18.9. The summed E-state index contributed by atoms with van der Waals surface area (Å²) in [6.07, 6.45) is 4.49. The summed E-state index contributed by atoms with van der Waals surface area (Å²) in [6, 6.07) is 23.6. The molecule has 2 N–H and O–H groups in total. The first kappa shape index (κ1) is 34.8. The Bertz CT molecular complexity index is 1870. The highest BCUT2D eigenvalue weighted by Gasteiger charge is 2.66. The molecule has 4 aromatic rings. The second kappa shape index (κ2) is 13.8. The number of benzene rings is 3. The Labute approximate surface area is 302 Å². The maximum absolute atomic E-state index is 14.8. The number of rotatable bonds is 10. The van der Waals surface area contributed by atoms with Gasteiger partial charge in [0.05, 0.1) is 36.6 Å². The second-order valence-corrected chi connectivity index (χ2v) is 19.3. The third-order valence-corrected chi connectivity index (χ3v) is 13.8. The number of fused-ring (bicyclic) bond motifs is 2. The molecule has 50 heavy (non-hydrogen) atoms. The molecule has 0 radical (unpaired) electrons. The zero-order valence-corrected chi connectivity index (χ0v) is 31.3. The third kappa shape index (κ3) is 6.25. The number of aryl methyl sites for hydroxylation is 1. The Morgan fingerprint density at radius 3 is 2.52 bits per heavy atom. The zero-order chi connectivity index (χ0) is 35.2. The van der Waals surface area contributed by atoms with Crippen LogP contribution in [-0.2, 0) is 33.0 Å². The predicted octanol–water partition coefficient (Wildman–Crippen LogP) is 6.12. The molecule has 262 valence electrons. The van der Waals surface area contributed by atoms with Crippen molar-refractivity contribution in [1.82, 2.24) is 15.0 Å². The number of hydrogen-bond donors (Lipinski definition) is 2. The first-order chi connectivity index (χ1) is 24.0. The Kier molecular flexibility index (Phi) is 9.59. The number of carbonyl (C=O) groups excluding carboxylic acids is 2. The smallest absolute Gasteiger partial charge is 0.264 e. The number of halogens is 1. The lowest BCUT2D eigenvalue weighted by atomic mass is 9.82. The van der Waals surface area contributed by atoms with Gasteiger partial charge in [0.15, 0.2) is 13.9 Å². The van der Waals surface area contributed by atoms with E-state index in [-0.39, 0.29) is 35.8 Å². The number of carbonyl (C=O) groups is 2. The second-order valence-electron chi connectivity index (χ2n) is 14.4. The normalized spacial score (nSPS) is 24.3. The molecular formula is C38H44BrN5O5Si. The molecule has 10 nitrogen and oxygen atoms in total.